The van der Waals surface area contributed by atoms with Crippen LogP contribution in [-0.2, 0) is 0 Å². The summed E-state index contributed by atoms with van der Waals surface area (Å²) in [6.07, 6.45) is 0. The zero-order valence-electron chi connectivity index (χ0n) is 18.3. The van der Waals surface area contributed by atoms with Gasteiger partial charge in [-0.1, -0.05) is 0 Å². The Morgan fingerprint density at radius 1 is 0.639 bits per heavy atom. The number of rotatable bonds is 6. The average Bonchev–Trinajstić information content (AvgIpc) is 2.81. The van der Waals surface area contributed by atoms with Crippen LogP contribution in [0.3, 0.4) is 0 Å². The Hall–Kier alpha value is -4.99. The highest BCUT2D eigenvalue weighted by molar-refractivity contribution is 5.99. The van der Waals surface area contributed by atoms with E-state index in [4.69, 9.17) is 16.2 Å². The van der Waals surface area contributed by atoms with E-state index in [-0.39, 0.29) is 56.3 Å². The maximum atomic E-state index is 13.8. The standard InChI is InChI=1S/C26H17F3N2O5/c27-22-10-17(11-23(28)24(22)29)36-16-6-12(20-8-14(30)1-3-18(20)25(32)33)5-13(7-16)21-9-15(31)2-4-19(21)26(34)35/h1-11H,30-31H2,(H,32,33)(H,34,35). The van der Waals surface area contributed by atoms with E-state index in [0.717, 1.165) is 0 Å². The molecule has 36 heavy (non-hydrogen) atoms. The third kappa shape index (κ3) is 4.78. The van der Waals surface area contributed by atoms with Gasteiger partial charge in [0.25, 0.3) is 0 Å². The van der Waals surface area contributed by atoms with E-state index in [9.17, 15) is 33.0 Å². The van der Waals surface area contributed by atoms with Crippen LogP contribution in [0.25, 0.3) is 22.3 Å². The lowest BCUT2D eigenvalue weighted by atomic mass is 9.93. The summed E-state index contributed by atoms with van der Waals surface area (Å²) in [7, 11) is 0. The van der Waals surface area contributed by atoms with Gasteiger partial charge in [0.2, 0.25) is 0 Å². The van der Waals surface area contributed by atoms with Gasteiger partial charge in [-0.15, -0.1) is 0 Å². The molecule has 0 heterocycles. The van der Waals surface area contributed by atoms with Crippen molar-refractivity contribution in [1.82, 2.24) is 0 Å². The number of ether oxygens (including phenoxy) is 1. The minimum Gasteiger partial charge on any atom is -0.478 e. The first-order chi connectivity index (χ1) is 17.0. The number of nitrogen functional groups attached to an aromatic ring is 2. The molecule has 0 amide bonds. The first-order valence-electron chi connectivity index (χ1n) is 10.3. The molecule has 0 radical (unpaired) electrons. The zero-order valence-corrected chi connectivity index (χ0v) is 18.3. The zero-order chi connectivity index (χ0) is 26.1. The highest BCUT2D eigenvalue weighted by Gasteiger charge is 2.19. The van der Waals surface area contributed by atoms with Crippen molar-refractivity contribution < 1.29 is 37.7 Å². The van der Waals surface area contributed by atoms with Crippen LogP contribution in [0.5, 0.6) is 11.5 Å². The summed E-state index contributed by atoms with van der Waals surface area (Å²) in [6, 6.07) is 13.7. The highest BCUT2D eigenvalue weighted by atomic mass is 19.2. The fourth-order valence-corrected chi connectivity index (χ4v) is 3.67. The number of nitrogens with two attached hydrogens (primary N) is 2. The molecule has 7 nitrogen and oxygen atoms in total. The molecule has 0 aromatic heterocycles. The average molecular weight is 494 g/mol. The van der Waals surface area contributed by atoms with Crippen molar-refractivity contribution in [2.24, 2.45) is 0 Å². The normalized spacial score (nSPS) is 10.8. The quantitative estimate of drug-likeness (QED) is 0.197. The van der Waals surface area contributed by atoms with Crippen molar-refractivity contribution >= 4 is 23.3 Å². The van der Waals surface area contributed by atoms with E-state index in [1.54, 1.807) is 0 Å². The second kappa shape index (κ2) is 9.34. The van der Waals surface area contributed by atoms with Crippen molar-refractivity contribution in [3.05, 3.63) is 95.3 Å². The van der Waals surface area contributed by atoms with Crippen molar-refractivity contribution in [3.8, 4) is 33.8 Å². The number of halogens is 3. The SMILES string of the molecule is Nc1ccc(C(=O)O)c(-c2cc(Oc3cc(F)c(F)c(F)c3)cc(-c3cc(N)ccc3C(=O)O)c2)c1. The van der Waals surface area contributed by atoms with Gasteiger partial charge in [-0.3, -0.25) is 0 Å². The van der Waals surface area contributed by atoms with Gasteiger partial charge in [-0.2, -0.15) is 0 Å². The molecule has 0 aliphatic rings. The molecule has 0 fully saturated rings. The molecule has 0 aliphatic carbocycles. The third-order valence-electron chi connectivity index (χ3n) is 5.27. The Kier molecular flexibility index (Phi) is 6.26. The van der Waals surface area contributed by atoms with E-state index < -0.39 is 29.4 Å². The van der Waals surface area contributed by atoms with Crippen LogP contribution in [0.15, 0.2) is 66.7 Å². The molecule has 0 spiro atoms. The number of hydrogen-bond acceptors (Lipinski definition) is 5. The molecule has 182 valence electrons. The fraction of sp³-hybridized carbons (Fsp3) is 0. The molecule has 0 bridgehead atoms. The molecule has 0 atom stereocenters. The summed E-state index contributed by atoms with van der Waals surface area (Å²) in [4.78, 5) is 23.7. The van der Waals surface area contributed by atoms with Gasteiger partial charge in [0, 0.05) is 23.5 Å². The number of carboxylic acid groups (broad SMARTS) is 2. The van der Waals surface area contributed by atoms with Gasteiger partial charge < -0.3 is 26.4 Å². The maximum absolute atomic E-state index is 13.8. The summed E-state index contributed by atoms with van der Waals surface area (Å²) in [5.41, 5.74) is 12.8. The van der Waals surface area contributed by atoms with Crippen LogP contribution in [0.4, 0.5) is 24.5 Å². The number of hydrogen-bond donors (Lipinski definition) is 4. The molecule has 6 N–H and O–H groups in total. The second-order valence-corrected chi connectivity index (χ2v) is 7.77. The van der Waals surface area contributed by atoms with Crippen LogP contribution in [0.1, 0.15) is 20.7 Å². The monoisotopic (exact) mass is 494 g/mol. The first-order valence-corrected chi connectivity index (χ1v) is 10.3. The summed E-state index contributed by atoms with van der Waals surface area (Å²) in [6.45, 7) is 0. The fourth-order valence-electron chi connectivity index (χ4n) is 3.67. The van der Waals surface area contributed by atoms with Gasteiger partial charge in [0.15, 0.2) is 17.5 Å². The molecule has 4 aromatic carbocycles. The minimum atomic E-state index is -1.67. The molecular formula is C26H17F3N2O5. The van der Waals surface area contributed by atoms with Crippen LogP contribution >= 0.6 is 0 Å². The van der Waals surface area contributed by atoms with Gasteiger partial charge in [0.05, 0.1) is 11.1 Å². The lowest BCUT2D eigenvalue weighted by Crippen LogP contribution is -2.03. The lowest BCUT2D eigenvalue weighted by molar-refractivity contribution is 0.0687. The van der Waals surface area contributed by atoms with Crippen LogP contribution < -0.4 is 16.2 Å². The topological polar surface area (TPSA) is 136 Å². The molecule has 4 aromatic rings. The van der Waals surface area contributed by atoms with Gasteiger partial charge in [0.1, 0.15) is 11.5 Å². The van der Waals surface area contributed by atoms with Crippen molar-refractivity contribution in [1.29, 1.82) is 0 Å². The highest BCUT2D eigenvalue weighted by Crippen LogP contribution is 2.37. The van der Waals surface area contributed by atoms with Gasteiger partial charge in [-0.05, 0) is 76.9 Å². The van der Waals surface area contributed by atoms with E-state index >= 15 is 0 Å². The van der Waals surface area contributed by atoms with Crippen molar-refractivity contribution in [3.63, 3.8) is 0 Å². The Morgan fingerprint density at radius 3 is 1.47 bits per heavy atom. The largest absolute Gasteiger partial charge is 0.478 e. The smallest absolute Gasteiger partial charge is 0.336 e. The number of benzene rings is 4. The predicted molar refractivity (Wildman–Crippen MR) is 126 cm³/mol. The Bertz CT molecular complexity index is 1430. The van der Waals surface area contributed by atoms with Crippen molar-refractivity contribution in [2.45, 2.75) is 0 Å². The number of carboxylic acids is 2. The van der Waals surface area contributed by atoms with E-state index in [2.05, 4.69) is 0 Å². The molecule has 0 saturated heterocycles. The molecule has 4 rings (SSSR count). The van der Waals surface area contributed by atoms with Gasteiger partial charge >= 0.3 is 11.9 Å². The first kappa shape index (κ1) is 24.1. The summed E-state index contributed by atoms with van der Waals surface area (Å²) >= 11 is 0. The van der Waals surface area contributed by atoms with Crippen LogP contribution in [0.2, 0.25) is 0 Å². The number of aromatic carboxylic acids is 2. The molecule has 0 saturated carbocycles. The van der Waals surface area contributed by atoms with Gasteiger partial charge in [-0.25, -0.2) is 22.8 Å². The minimum absolute atomic E-state index is 0.0505. The molecule has 10 heteroatoms. The second-order valence-electron chi connectivity index (χ2n) is 7.77. The summed E-state index contributed by atoms with van der Waals surface area (Å²) < 4.78 is 46.5. The number of anilines is 2. The Balaban J connectivity index is 1.97. The Morgan fingerprint density at radius 2 is 1.06 bits per heavy atom. The van der Waals surface area contributed by atoms with E-state index in [1.807, 2.05) is 0 Å². The Labute approximate surface area is 202 Å². The number of carbonyl (C=O) groups is 2. The lowest BCUT2D eigenvalue weighted by Gasteiger charge is -2.15. The van der Waals surface area contributed by atoms with Crippen LogP contribution in [0, 0.1) is 17.5 Å². The third-order valence-corrected chi connectivity index (χ3v) is 5.27. The summed E-state index contributed by atoms with van der Waals surface area (Å²) in [5.74, 6) is -7.57. The molecule has 0 unspecified atom stereocenters. The molecular weight excluding hydrogens is 477 g/mol. The van der Waals surface area contributed by atoms with Crippen molar-refractivity contribution in [2.75, 3.05) is 11.5 Å². The summed E-state index contributed by atoms with van der Waals surface area (Å²) in [5, 5.41) is 19.3. The van der Waals surface area contributed by atoms with E-state index in [0.29, 0.717) is 12.1 Å². The predicted octanol–water partition coefficient (Wildman–Crippen LogP) is 5.79. The van der Waals surface area contributed by atoms with E-state index in [1.165, 1.54) is 54.6 Å². The van der Waals surface area contributed by atoms with Crippen LogP contribution in [-0.4, -0.2) is 22.2 Å². The molecule has 0 aliphatic heterocycles. The maximum Gasteiger partial charge on any atom is 0.336 e.